The molecule has 0 spiro atoms. The Labute approximate surface area is 162 Å². The van der Waals surface area contributed by atoms with Gasteiger partial charge < -0.3 is 14.7 Å². The number of amidine groups is 1. The first-order valence-corrected chi connectivity index (χ1v) is 11.1. The summed E-state index contributed by atoms with van der Waals surface area (Å²) < 4.78 is 29.6. The van der Waals surface area contributed by atoms with Gasteiger partial charge in [-0.25, -0.2) is 13.2 Å². The van der Waals surface area contributed by atoms with Gasteiger partial charge in [0.1, 0.15) is 13.2 Å². The predicted molar refractivity (Wildman–Crippen MR) is 101 cm³/mol. The topological polar surface area (TPSA) is 113 Å². The molecule has 2 aliphatic heterocycles. The monoisotopic (exact) mass is 462 g/mol. The molecule has 2 aliphatic rings. The maximum atomic E-state index is 12.0. The number of carbonyl (C=O) groups is 2. The van der Waals surface area contributed by atoms with Crippen molar-refractivity contribution in [3.05, 3.63) is 28.7 Å². The third-order valence-corrected chi connectivity index (χ3v) is 7.58. The number of halogens is 1. The van der Waals surface area contributed by atoms with Crippen molar-refractivity contribution in [3.8, 4) is 0 Å². The van der Waals surface area contributed by atoms with E-state index in [0.717, 1.165) is 10.2 Å². The van der Waals surface area contributed by atoms with E-state index in [9.17, 15) is 18.0 Å². The van der Waals surface area contributed by atoms with Crippen molar-refractivity contribution in [2.24, 2.45) is 4.99 Å². The average molecular weight is 463 g/mol. The van der Waals surface area contributed by atoms with Crippen LogP contribution in [0.1, 0.15) is 0 Å². The zero-order valence-electron chi connectivity index (χ0n) is 13.4. The van der Waals surface area contributed by atoms with Crippen molar-refractivity contribution < 1.29 is 27.9 Å². The molecular weight excluding hydrogens is 448 g/mol. The number of nitrogens with zero attached hydrogens (tertiary/aromatic N) is 2. The summed E-state index contributed by atoms with van der Waals surface area (Å²) in [6.07, 6.45) is 0. The van der Waals surface area contributed by atoms with Crippen molar-refractivity contribution in [1.29, 1.82) is 0 Å². The third kappa shape index (κ3) is 4.45. The summed E-state index contributed by atoms with van der Waals surface area (Å²) in [6, 6.07) is 6.99. The molecule has 1 N–H and O–H groups in total. The van der Waals surface area contributed by atoms with E-state index >= 15 is 0 Å². The van der Waals surface area contributed by atoms with Crippen molar-refractivity contribution in [2.75, 3.05) is 29.6 Å². The van der Waals surface area contributed by atoms with Gasteiger partial charge in [-0.15, -0.1) is 0 Å². The first-order valence-electron chi connectivity index (χ1n) is 7.58. The minimum absolute atomic E-state index is 0.00343. The Morgan fingerprint density at radius 3 is 2.62 bits per heavy atom. The van der Waals surface area contributed by atoms with Gasteiger partial charge in [0.25, 0.3) is 5.91 Å². The number of thioether (sulfide) groups is 1. The first kappa shape index (κ1) is 19.3. The molecule has 8 nitrogen and oxygen atoms in total. The number of carbonyl (C=O) groups excluding carboxylic acids is 1. The number of carboxylic acid groups (broad SMARTS) is 1. The number of ether oxygens (including phenoxy) is 1. The van der Waals surface area contributed by atoms with Gasteiger partial charge >= 0.3 is 5.97 Å². The van der Waals surface area contributed by atoms with E-state index in [2.05, 4.69) is 20.9 Å². The van der Waals surface area contributed by atoms with Gasteiger partial charge in [-0.05, 0) is 24.3 Å². The minimum Gasteiger partial charge on any atom is -0.480 e. The molecule has 0 unspecified atom stereocenters. The molecule has 0 bridgehead atoms. The highest BCUT2D eigenvalue weighted by Crippen LogP contribution is 2.41. The molecule has 1 amide bonds. The molecule has 0 aromatic heterocycles. The molecule has 140 valence electrons. The molecule has 11 heteroatoms. The second-order valence-electron chi connectivity index (χ2n) is 5.82. The summed E-state index contributed by atoms with van der Waals surface area (Å²) in [5.41, 5.74) is 0.739. The van der Waals surface area contributed by atoms with Gasteiger partial charge in [-0.2, -0.15) is 4.99 Å². The molecular formula is C15H15BrN2O6S2. The first-order chi connectivity index (χ1) is 12.2. The van der Waals surface area contributed by atoms with Crippen molar-refractivity contribution in [2.45, 2.75) is 11.3 Å². The van der Waals surface area contributed by atoms with Crippen LogP contribution in [-0.2, 0) is 24.2 Å². The molecule has 0 aliphatic carbocycles. The Balaban J connectivity index is 1.84. The molecule has 1 aromatic rings. The van der Waals surface area contributed by atoms with Gasteiger partial charge in [0.05, 0.1) is 17.5 Å². The van der Waals surface area contributed by atoms with Crippen molar-refractivity contribution in [1.82, 2.24) is 0 Å². The number of aliphatic imine (C=N–C) groups is 1. The van der Waals surface area contributed by atoms with Gasteiger partial charge in [-0.1, -0.05) is 27.7 Å². The van der Waals surface area contributed by atoms with Crippen LogP contribution in [0.4, 0.5) is 5.69 Å². The van der Waals surface area contributed by atoms with E-state index in [1.165, 1.54) is 11.8 Å². The van der Waals surface area contributed by atoms with Crippen LogP contribution in [0.5, 0.6) is 0 Å². The molecule has 2 fully saturated rings. The van der Waals surface area contributed by atoms with Crippen molar-refractivity contribution >= 4 is 60.3 Å². The normalized spacial score (nSPS) is 25.4. The average Bonchev–Trinajstić information content (AvgIpc) is 2.99. The van der Waals surface area contributed by atoms with Gasteiger partial charge in [0.2, 0.25) is 0 Å². The highest BCUT2D eigenvalue weighted by atomic mass is 79.9. The van der Waals surface area contributed by atoms with Crippen LogP contribution in [0.25, 0.3) is 0 Å². The second-order valence-corrected chi connectivity index (χ2v) is 10.1. The molecule has 0 saturated carbocycles. The summed E-state index contributed by atoms with van der Waals surface area (Å²) in [5, 5.41) is 8.74. The number of amides is 1. The number of rotatable bonds is 5. The summed E-state index contributed by atoms with van der Waals surface area (Å²) in [4.78, 5) is 28.2. The SMILES string of the molecule is O=C(O)COCC(=O)N=C1S[C@H]2CS(=O)(=O)C[C@H]2N1c1ccc(Br)cc1. The quantitative estimate of drug-likeness (QED) is 0.692. The van der Waals surface area contributed by atoms with Gasteiger partial charge in [-0.3, -0.25) is 4.79 Å². The molecule has 2 saturated heterocycles. The van der Waals surface area contributed by atoms with Gasteiger partial charge in [0, 0.05) is 15.4 Å². The number of benzene rings is 1. The molecule has 26 heavy (non-hydrogen) atoms. The van der Waals surface area contributed by atoms with E-state index in [4.69, 9.17) is 9.84 Å². The van der Waals surface area contributed by atoms with E-state index in [0.29, 0.717) is 5.17 Å². The number of anilines is 1. The Morgan fingerprint density at radius 1 is 1.27 bits per heavy atom. The Kier molecular flexibility index (Phi) is 5.70. The second kappa shape index (κ2) is 7.67. The molecule has 2 atom stereocenters. The number of carboxylic acids is 1. The fraction of sp³-hybridized carbons (Fsp3) is 0.400. The smallest absolute Gasteiger partial charge is 0.329 e. The maximum Gasteiger partial charge on any atom is 0.329 e. The van der Waals surface area contributed by atoms with Crippen LogP contribution in [0.15, 0.2) is 33.7 Å². The van der Waals surface area contributed by atoms with Crippen LogP contribution < -0.4 is 4.90 Å². The largest absolute Gasteiger partial charge is 0.480 e. The lowest BCUT2D eigenvalue weighted by Gasteiger charge is -2.24. The summed E-state index contributed by atoms with van der Waals surface area (Å²) in [5.74, 6) is -1.74. The standard InChI is InChI=1S/C15H15BrN2O6S2/c16-9-1-3-10(4-2-9)18-11-7-26(22,23)8-12(11)25-15(18)17-13(19)5-24-6-14(20)21/h1-4,11-12H,5-8H2,(H,20,21)/t11-,12+/m1/s1. The fourth-order valence-corrected chi connectivity index (χ4v) is 7.03. The Bertz CT molecular complexity index is 855. The summed E-state index contributed by atoms with van der Waals surface area (Å²) in [7, 11) is -3.13. The highest BCUT2D eigenvalue weighted by Gasteiger charge is 2.49. The Morgan fingerprint density at radius 2 is 1.96 bits per heavy atom. The summed E-state index contributed by atoms with van der Waals surface area (Å²) >= 11 is 4.61. The summed E-state index contributed by atoms with van der Waals surface area (Å²) in [6.45, 7) is -1.03. The Hall–Kier alpha value is -1.43. The predicted octanol–water partition coefficient (Wildman–Crippen LogP) is 1.15. The van der Waals surface area contributed by atoms with E-state index in [1.807, 2.05) is 24.3 Å². The van der Waals surface area contributed by atoms with Gasteiger partial charge in [0.15, 0.2) is 15.0 Å². The molecule has 3 rings (SSSR count). The van der Waals surface area contributed by atoms with Crippen LogP contribution in [0.3, 0.4) is 0 Å². The van der Waals surface area contributed by atoms with Crippen LogP contribution in [0.2, 0.25) is 0 Å². The lowest BCUT2D eigenvalue weighted by molar-refractivity contribution is -0.143. The highest BCUT2D eigenvalue weighted by molar-refractivity contribution is 9.10. The van der Waals surface area contributed by atoms with Crippen LogP contribution >= 0.6 is 27.7 Å². The minimum atomic E-state index is -3.13. The zero-order valence-corrected chi connectivity index (χ0v) is 16.6. The van der Waals surface area contributed by atoms with Crippen LogP contribution in [0, 0.1) is 0 Å². The fourth-order valence-electron chi connectivity index (χ4n) is 2.83. The lowest BCUT2D eigenvalue weighted by Crippen LogP contribution is -2.37. The van der Waals surface area contributed by atoms with E-state index in [-0.39, 0.29) is 22.8 Å². The van der Waals surface area contributed by atoms with E-state index < -0.39 is 34.9 Å². The molecule has 2 heterocycles. The maximum absolute atomic E-state index is 12.0. The number of sulfone groups is 1. The number of hydrogen-bond donors (Lipinski definition) is 1. The number of hydrogen-bond acceptors (Lipinski definition) is 6. The zero-order chi connectivity index (χ0) is 18.9. The molecule has 0 radical (unpaired) electrons. The van der Waals surface area contributed by atoms with Crippen LogP contribution in [-0.4, -0.2) is 66.6 Å². The third-order valence-electron chi connectivity index (χ3n) is 3.84. The number of aliphatic carboxylic acids is 1. The van der Waals surface area contributed by atoms with Crippen molar-refractivity contribution in [3.63, 3.8) is 0 Å². The number of fused-ring (bicyclic) bond motifs is 1. The lowest BCUT2D eigenvalue weighted by atomic mass is 10.2. The van der Waals surface area contributed by atoms with E-state index in [1.54, 1.807) is 4.90 Å². The molecule has 1 aromatic carbocycles.